The third-order valence-electron chi connectivity index (χ3n) is 3.09. The largest absolute Gasteiger partial charge is 0.872 e. The number of oxazole rings is 1. The van der Waals surface area contributed by atoms with Gasteiger partial charge in [0.05, 0.1) is 11.3 Å². The molecule has 0 spiro atoms. The molecular formula is C16H11N2O5S-. The predicted molar refractivity (Wildman–Crippen MR) is 86.2 cm³/mol. The summed E-state index contributed by atoms with van der Waals surface area (Å²) >= 11 is 1.12. The van der Waals surface area contributed by atoms with Crippen molar-refractivity contribution in [2.24, 2.45) is 0 Å². The van der Waals surface area contributed by atoms with Gasteiger partial charge in [-0.15, -0.1) is 0 Å². The summed E-state index contributed by atoms with van der Waals surface area (Å²) in [5.74, 6) is -2.27. The molecule has 1 amide bonds. The van der Waals surface area contributed by atoms with Gasteiger partial charge in [-0.3, -0.25) is 4.79 Å². The van der Waals surface area contributed by atoms with E-state index in [2.05, 4.69) is 10.3 Å². The molecule has 24 heavy (non-hydrogen) atoms. The zero-order valence-electron chi connectivity index (χ0n) is 12.2. The maximum atomic E-state index is 11.9. The second-order valence-electron chi connectivity index (χ2n) is 4.80. The lowest BCUT2D eigenvalue weighted by molar-refractivity contribution is -0.268. The third kappa shape index (κ3) is 3.49. The fourth-order valence-electron chi connectivity index (χ4n) is 2.01. The van der Waals surface area contributed by atoms with Crippen LogP contribution in [0.1, 0.15) is 10.4 Å². The van der Waals surface area contributed by atoms with Gasteiger partial charge in [0.25, 0.3) is 5.22 Å². The molecular weight excluding hydrogens is 332 g/mol. The molecule has 2 aromatic carbocycles. The van der Waals surface area contributed by atoms with Gasteiger partial charge in [0.15, 0.2) is 5.58 Å². The number of nitrogens with zero attached hydrogens (tertiary/aromatic N) is 1. The number of aromatic carboxylic acids is 1. The van der Waals surface area contributed by atoms with Crippen molar-refractivity contribution in [1.29, 1.82) is 0 Å². The van der Waals surface area contributed by atoms with Crippen LogP contribution in [0.3, 0.4) is 0 Å². The molecule has 3 rings (SSSR count). The number of carboxylic acids is 1. The zero-order valence-corrected chi connectivity index (χ0v) is 13.0. The number of thioether (sulfide) groups is 1. The lowest BCUT2D eigenvalue weighted by Gasteiger charge is -2.12. The minimum atomic E-state index is -1.34. The monoisotopic (exact) mass is 343 g/mol. The molecule has 122 valence electrons. The summed E-state index contributed by atoms with van der Waals surface area (Å²) in [4.78, 5) is 27.1. The summed E-state index contributed by atoms with van der Waals surface area (Å²) in [6, 6.07) is 10.8. The Morgan fingerprint density at radius 3 is 2.79 bits per heavy atom. The Kier molecular flexibility index (Phi) is 4.39. The van der Waals surface area contributed by atoms with Crippen LogP contribution < -0.4 is 10.4 Å². The van der Waals surface area contributed by atoms with E-state index in [1.54, 1.807) is 12.1 Å². The minimum absolute atomic E-state index is 0.0361. The number of para-hydroxylation sites is 2. The fraction of sp³-hybridized carbons (Fsp3) is 0.0625. The first-order valence-electron chi connectivity index (χ1n) is 6.85. The van der Waals surface area contributed by atoms with E-state index in [4.69, 9.17) is 9.52 Å². The molecule has 0 aliphatic rings. The second kappa shape index (κ2) is 6.63. The number of amides is 1. The van der Waals surface area contributed by atoms with E-state index in [0.717, 1.165) is 23.9 Å². The van der Waals surface area contributed by atoms with E-state index in [0.29, 0.717) is 16.3 Å². The number of aromatic nitrogens is 1. The zero-order chi connectivity index (χ0) is 17.1. The predicted octanol–water partition coefficient (Wildman–Crippen LogP) is 2.33. The highest BCUT2D eigenvalue weighted by Crippen LogP contribution is 2.24. The Labute approximate surface area is 140 Å². The van der Waals surface area contributed by atoms with Gasteiger partial charge in [0.1, 0.15) is 5.52 Å². The van der Waals surface area contributed by atoms with Crippen molar-refractivity contribution in [2.45, 2.75) is 5.22 Å². The quantitative estimate of drug-likeness (QED) is 0.683. The van der Waals surface area contributed by atoms with Crippen molar-refractivity contribution in [2.75, 3.05) is 11.1 Å². The number of carbonyl (C=O) groups excluding carboxylic acids is 1. The number of benzene rings is 2. The third-order valence-corrected chi connectivity index (χ3v) is 3.92. The fourth-order valence-corrected chi connectivity index (χ4v) is 2.65. The topological polar surface area (TPSA) is 115 Å². The Hall–Kier alpha value is -3.00. The average molecular weight is 343 g/mol. The van der Waals surface area contributed by atoms with E-state index in [9.17, 15) is 14.7 Å². The Bertz CT molecular complexity index is 889. The molecule has 0 unspecified atom stereocenters. The lowest BCUT2D eigenvalue weighted by Crippen LogP contribution is -2.15. The Morgan fingerprint density at radius 1 is 1.25 bits per heavy atom. The number of carbonyl (C=O) groups is 2. The number of fused-ring (bicyclic) bond motifs is 1. The SMILES string of the molecule is O=C(CSc1nc2ccccc2o1)Nc1ccc([O-])c(C(=O)O)c1. The van der Waals surface area contributed by atoms with Crippen LogP contribution in [0.2, 0.25) is 0 Å². The molecule has 8 heteroatoms. The maximum absolute atomic E-state index is 11.9. The highest BCUT2D eigenvalue weighted by molar-refractivity contribution is 7.99. The number of anilines is 1. The van der Waals surface area contributed by atoms with Gasteiger partial charge in [-0.1, -0.05) is 35.7 Å². The van der Waals surface area contributed by atoms with Gasteiger partial charge in [0, 0.05) is 5.69 Å². The number of carboxylic acid groups (broad SMARTS) is 1. The van der Waals surface area contributed by atoms with Crippen LogP contribution in [0.15, 0.2) is 52.1 Å². The van der Waals surface area contributed by atoms with E-state index >= 15 is 0 Å². The summed E-state index contributed by atoms with van der Waals surface area (Å²) in [5, 5.41) is 23.2. The molecule has 0 aliphatic heterocycles. The van der Waals surface area contributed by atoms with Crippen molar-refractivity contribution >= 4 is 40.4 Å². The second-order valence-corrected chi connectivity index (χ2v) is 5.73. The van der Waals surface area contributed by atoms with Crippen LogP contribution in [0.5, 0.6) is 5.75 Å². The smallest absolute Gasteiger partial charge is 0.335 e. The molecule has 1 aromatic heterocycles. The molecule has 0 aliphatic carbocycles. The first-order chi connectivity index (χ1) is 11.5. The van der Waals surface area contributed by atoms with Gasteiger partial charge in [-0.25, -0.2) is 9.78 Å². The van der Waals surface area contributed by atoms with Crippen LogP contribution in [0, 0.1) is 0 Å². The maximum Gasteiger partial charge on any atom is 0.335 e. The van der Waals surface area contributed by atoms with Crippen molar-refractivity contribution < 1.29 is 24.2 Å². The van der Waals surface area contributed by atoms with E-state index in [1.165, 1.54) is 6.07 Å². The number of nitrogens with one attached hydrogen (secondary N) is 1. The molecule has 0 atom stereocenters. The first-order valence-corrected chi connectivity index (χ1v) is 7.84. The van der Waals surface area contributed by atoms with Crippen molar-refractivity contribution in [1.82, 2.24) is 4.98 Å². The number of hydrogen-bond donors (Lipinski definition) is 2. The number of hydrogen-bond acceptors (Lipinski definition) is 6. The van der Waals surface area contributed by atoms with Crippen molar-refractivity contribution in [3.05, 3.63) is 48.0 Å². The van der Waals surface area contributed by atoms with Gasteiger partial charge in [0.2, 0.25) is 5.91 Å². The highest BCUT2D eigenvalue weighted by atomic mass is 32.2. The standard InChI is InChI=1S/C16H12N2O5S/c19-12-6-5-9(7-10(12)15(21)22)17-14(20)8-24-16-18-11-3-1-2-4-13(11)23-16/h1-7,19H,8H2,(H,17,20)(H,21,22)/p-1. The molecule has 0 bridgehead atoms. The molecule has 7 nitrogen and oxygen atoms in total. The summed E-state index contributed by atoms with van der Waals surface area (Å²) in [6.45, 7) is 0. The average Bonchev–Trinajstić information content (AvgIpc) is 2.97. The van der Waals surface area contributed by atoms with Crippen LogP contribution >= 0.6 is 11.8 Å². The molecule has 2 N–H and O–H groups in total. The molecule has 0 radical (unpaired) electrons. The lowest BCUT2D eigenvalue weighted by atomic mass is 10.2. The molecule has 0 fully saturated rings. The molecule has 3 aromatic rings. The van der Waals surface area contributed by atoms with Crippen LogP contribution in [0.25, 0.3) is 11.1 Å². The Balaban J connectivity index is 1.63. The van der Waals surface area contributed by atoms with Crippen LogP contribution in [0.4, 0.5) is 5.69 Å². The summed E-state index contributed by atoms with van der Waals surface area (Å²) in [5.41, 5.74) is 1.20. The van der Waals surface area contributed by atoms with Crippen molar-refractivity contribution in [3.8, 4) is 5.75 Å². The van der Waals surface area contributed by atoms with E-state index < -0.39 is 11.7 Å². The summed E-state index contributed by atoms with van der Waals surface area (Å²) < 4.78 is 5.49. The highest BCUT2D eigenvalue weighted by Gasteiger charge is 2.11. The molecule has 0 saturated carbocycles. The minimum Gasteiger partial charge on any atom is -0.872 e. The van der Waals surface area contributed by atoms with Crippen LogP contribution in [-0.2, 0) is 4.79 Å². The Morgan fingerprint density at radius 2 is 2.04 bits per heavy atom. The van der Waals surface area contributed by atoms with Crippen LogP contribution in [-0.4, -0.2) is 27.7 Å². The molecule has 0 saturated heterocycles. The van der Waals surface area contributed by atoms with Gasteiger partial charge < -0.3 is 19.9 Å². The van der Waals surface area contributed by atoms with Gasteiger partial charge >= 0.3 is 5.97 Å². The summed E-state index contributed by atoms with van der Waals surface area (Å²) in [7, 11) is 0. The molecule has 1 heterocycles. The van der Waals surface area contributed by atoms with E-state index in [1.807, 2.05) is 12.1 Å². The first kappa shape index (κ1) is 15.9. The van der Waals surface area contributed by atoms with Gasteiger partial charge in [-0.2, -0.15) is 0 Å². The summed E-state index contributed by atoms with van der Waals surface area (Å²) in [6.07, 6.45) is 0. The van der Waals surface area contributed by atoms with Crippen molar-refractivity contribution in [3.63, 3.8) is 0 Å². The normalized spacial score (nSPS) is 10.7. The van der Waals surface area contributed by atoms with Gasteiger partial charge in [-0.05, 0) is 24.3 Å². The number of rotatable bonds is 5. The van der Waals surface area contributed by atoms with E-state index in [-0.39, 0.29) is 22.9 Å².